The second kappa shape index (κ2) is 6.09. The van der Waals surface area contributed by atoms with Crippen molar-refractivity contribution < 1.29 is 14.7 Å². The predicted molar refractivity (Wildman–Crippen MR) is 65.2 cm³/mol. The van der Waals surface area contributed by atoms with Gasteiger partial charge in [0.15, 0.2) is 0 Å². The Labute approximate surface area is 106 Å². The summed E-state index contributed by atoms with van der Waals surface area (Å²) in [5.74, 6) is -1.14. The van der Waals surface area contributed by atoms with E-state index in [9.17, 15) is 9.59 Å². The number of rotatable bonds is 5. The molecule has 0 aliphatic rings. The summed E-state index contributed by atoms with van der Waals surface area (Å²) in [6.45, 7) is 5.64. The highest BCUT2D eigenvalue weighted by atomic mass is 16.4. The van der Waals surface area contributed by atoms with Crippen LogP contribution >= 0.6 is 0 Å². The Hall–Kier alpha value is -1.98. The number of carbonyl (C=O) groups excluding carboxylic acids is 1. The van der Waals surface area contributed by atoms with Gasteiger partial charge >= 0.3 is 5.97 Å². The topological polar surface area (TPSA) is 83.4 Å². The minimum Gasteiger partial charge on any atom is -0.481 e. The van der Waals surface area contributed by atoms with Crippen molar-refractivity contribution in [2.24, 2.45) is 0 Å². The summed E-state index contributed by atoms with van der Waals surface area (Å²) in [4.78, 5) is 24.3. The van der Waals surface area contributed by atoms with Crippen LogP contribution in [0.3, 0.4) is 0 Å². The Bertz CT molecular complexity index is 446. The fourth-order valence-corrected chi connectivity index (χ4v) is 1.57. The Morgan fingerprint density at radius 3 is 2.61 bits per heavy atom. The molecule has 1 heterocycles. The van der Waals surface area contributed by atoms with Crippen molar-refractivity contribution in [3.63, 3.8) is 0 Å². The quantitative estimate of drug-likeness (QED) is 0.847. The summed E-state index contributed by atoms with van der Waals surface area (Å²) >= 11 is 0. The lowest BCUT2D eigenvalue weighted by atomic mass is 10.2. The van der Waals surface area contributed by atoms with Crippen LogP contribution in [0.1, 0.15) is 36.3 Å². The van der Waals surface area contributed by atoms with Gasteiger partial charge in [0.25, 0.3) is 5.91 Å². The summed E-state index contributed by atoms with van der Waals surface area (Å²) in [5.41, 5.74) is 1.09. The number of carbonyl (C=O) groups is 2. The van der Waals surface area contributed by atoms with Crippen LogP contribution in [0.25, 0.3) is 0 Å². The maximum atomic E-state index is 12.2. The lowest BCUT2D eigenvalue weighted by Crippen LogP contribution is -2.38. The van der Waals surface area contributed by atoms with Gasteiger partial charge in [-0.3, -0.25) is 9.59 Å². The molecule has 0 radical (unpaired) electrons. The lowest BCUT2D eigenvalue weighted by molar-refractivity contribution is -0.137. The molecule has 0 fully saturated rings. The summed E-state index contributed by atoms with van der Waals surface area (Å²) < 4.78 is 0. The van der Waals surface area contributed by atoms with Gasteiger partial charge in [-0.2, -0.15) is 10.2 Å². The largest absolute Gasteiger partial charge is 0.481 e. The van der Waals surface area contributed by atoms with Gasteiger partial charge < -0.3 is 10.0 Å². The van der Waals surface area contributed by atoms with Gasteiger partial charge in [0.2, 0.25) is 0 Å². The number of aryl methyl sites for hydroxylation is 1. The second-order valence-corrected chi connectivity index (χ2v) is 4.32. The highest BCUT2D eigenvalue weighted by molar-refractivity contribution is 5.94. The fraction of sp³-hybridized carbons (Fsp3) is 0.500. The normalized spacial score (nSPS) is 10.4. The van der Waals surface area contributed by atoms with Crippen molar-refractivity contribution in [3.8, 4) is 0 Å². The van der Waals surface area contributed by atoms with Crippen molar-refractivity contribution in [1.29, 1.82) is 0 Å². The molecule has 6 nitrogen and oxygen atoms in total. The van der Waals surface area contributed by atoms with E-state index in [2.05, 4.69) is 10.2 Å². The maximum absolute atomic E-state index is 12.2. The maximum Gasteiger partial charge on any atom is 0.305 e. The van der Waals surface area contributed by atoms with Gasteiger partial charge in [-0.1, -0.05) is 0 Å². The third-order valence-corrected chi connectivity index (χ3v) is 2.47. The van der Waals surface area contributed by atoms with Gasteiger partial charge in [0, 0.05) is 12.6 Å². The van der Waals surface area contributed by atoms with Crippen molar-refractivity contribution >= 4 is 11.9 Å². The molecule has 0 aliphatic heterocycles. The van der Waals surface area contributed by atoms with E-state index in [1.165, 1.54) is 11.1 Å². The Morgan fingerprint density at radius 2 is 2.11 bits per heavy atom. The Kier molecular flexibility index (Phi) is 4.76. The van der Waals surface area contributed by atoms with E-state index < -0.39 is 5.97 Å². The predicted octanol–water partition coefficient (Wildman–Crippen LogP) is 1.11. The molecular weight excluding hydrogens is 234 g/mol. The minimum absolute atomic E-state index is 0.0645. The number of aromatic nitrogens is 2. The highest BCUT2D eigenvalue weighted by Crippen LogP contribution is 2.09. The molecule has 0 spiro atoms. The van der Waals surface area contributed by atoms with E-state index in [0.29, 0.717) is 11.3 Å². The second-order valence-electron chi connectivity index (χ2n) is 4.32. The van der Waals surface area contributed by atoms with E-state index in [1.807, 2.05) is 13.8 Å². The first-order valence-electron chi connectivity index (χ1n) is 5.74. The van der Waals surface area contributed by atoms with Gasteiger partial charge in [0.1, 0.15) is 0 Å². The molecule has 0 saturated carbocycles. The first-order chi connectivity index (χ1) is 8.41. The zero-order valence-electron chi connectivity index (χ0n) is 10.8. The van der Waals surface area contributed by atoms with Crippen LogP contribution in [0.2, 0.25) is 0 Å². The standard InChI is InChI=1S/C12H17N3O3/c1-8(2)15(5-4-11(16)17)12(18)10-6-9(3)14-13-7-10/h6-8H,4-5H2,1-3H3,(H,16,17). The molecule has 0 saturated heterocycles. The van der Waals surface area contributed by atoms with Crippen LogP contribution in [0.4, 0.5) is 0 Å². The third-order valence-electron chi connectivity index (χ3n) is 2.47. The van der Waals surface area contributed by atoms with E-state index in [-0.39, 0.29) is 24.9 Å². The first kappa shape index (κ1) is 14.1. The smallest absolute Gasteiger partial charge is 0.305 e. The summed E-state index contributed by atoms with van der Waals surface area (Å²) in [6.07, 6.45) is 1.33. The van der Waals surface area contributed by atoms with Gasteiger partial charge in [-0.25, -0.2) is 0 Å². The molecule has 18 heavy (non-hydrogen) atoms. The molecule has 98 valence electrons. The average molecular weight is 251 g/mol. The number of nitrogens with zero attached hydrogens (tertiary/aromatic N) is 3. The molecule has 6 heteroatoms. The first-order valence-corrected chi connectivity index (χ1v) is 5.74. The Morgan fingerprint density at radius 1 is 1.44 bits per heavy atom. The van der Waals surface area contributed by atoms with Crippen LogP contribution in [-0.4, -0.2) is 44.7 Å². The molecular formula is C12H17N3O3. The molecule has 1 aromatic heterocycles. The molecule has 1 aromatic rings. The summed E-state index contributed by atoms with van der Waals surface area (Å²) in [7, 11) is 0. The molecule has 0 aromatic carbocycles. The number of amides is 1. The van der Waals surface area contributed by atoms with Gasteiger partial charge in [-0.05, 0) is 26.8 Å². The van der Waals surface area contributed by atoms with Crippen molar-refractivity contribution in [2.45, 2.75) is 33.2 Å². The molecule has 1 amide bonds. The Balaban J connectivity index is 2.85. The van der Waals surface area contributed by atoms with Crippen LogP contribution in [0, 0.1) is 6.92 Å². The summed E-state index contributed by atoms with van der Waals surface area (Å²) in [5, 5.41) is 16.2. The number of aliphatic carboxylic acids is 1. The van der Waals surface area contributed by atoms with Gasteiger partial charge in [0.05, 0.1) is 23.9 Å². The minimum atomic E-state index is -0.919. The average Bonchev–Trinajstić information content (AvgIpc) is 2.28. The number of carboxylic acids is 1. The highest BCUT2D eigenvalue weighted by Gasteiger charge is 2.20. The number of hydrogen-bond donors (Lipinski definition) is 1. The third kappa shape index (κ3) is 3.80. The summed E-state index contributed by atoms with van der Waals surface area (Å²) in [6, 6.07) is 1.58. The number of hydrogen-bond acceptors (Lipinski definition) is 4. The SMILES string of the molecule is Cc1cc(C(=O)N(CCC(=O)O)C(C)C)cnn1. The lowest BCUT2D eigenvalue weighted by Gasteiger charge is -2.26. The monoisotopic (exact) mass is 251 g/mol. The van der Waals surface area contributed by atoms with Crippen molar-refractivity contribution in [1.82, 2.24) is 15.1 Å². The molecule has 0 bridgehead atoms. The van der Waals surface area contributed by atoms with E-state index >= 15 is 0 Å². The molecule has 1 N–H and O–H groups in total. The van der Waals surface area contributed by atoms with Crippen LogP contribution < -0.4 is 0 Å². The zero-order chi connectivity index (χ0) is 13.7. The van der Waals surface area contributed by atoms with E-state index in [0.717, 1.165) is 0 Å². The molecule has 1 rings (SSSR count). The fourth-order valence-electron chi connectivity index (χ4n) is 1.57. The molecule has 0 atom stereocenters. The number of carboxylic acid groups (broad SMARTS) is 1. The van der Waals surface area contributed by atoms with Crippen molar-refractivity contribution in [3.05, 3.63) is 23.5 Å². The van der Waals surface area contributed by atoms with Crippen LogP contribution in [0.5, 0.6) is 0 Å². The van der Waals surface area contributed by atoms with E-state index in [4.69, 9.17) is 5.11 Å². The van der Waals surface area contributed by atoms with Crippen LogP contribution in [0.15, 0.2) is 12.3 Å². The van der Waals surface area contributed by atoms with Crippen LogP contribution in [-0.2, 0) is 4.79 Å². The zero-order valence-corrected chi connectivity index (χ0v) is 10.8. The molecule has 0 unspecified atom stereocenters. The van der Waals surface area contributed by atoms with Crippen molar-refractivity contribution in [2.75, 3.05) is 6.54 Å². The van der Waals surface area contributed by atoms with E-state index in [1.54, 1.807) is 13.0 Å². The molecule has 0 aliphatic carbocycles. The van der Waals surface area contributed by atoms with Gasteiger partial charge in [-0.15, -0.1) is 0 Å².